The molecule has 0 saturated carbocycles. The minimum Gasteiger partial charge on any atom is -0.325 e. The minimum absolute atomic E-state index is 0.0283. The highest BCUT2D eigenvalue weighted by molar-refractivity contribution is 7.92. The van der Waals surface area contributed by atoms with Gasteiger partial charge in [0.15, 0.2) is 9.84 Å². The molecule has 1 aromatic rings. The zero-order chi connectivity index (χ0) is 14.3. The number of rotatable bonds is 7. The number of carbonyl (C=O) groups excluding carboxylic acids is 1. The van der Waals surface area contributed by atoms with E-state index in [-0.39, 0.29) is 5.75 Å². The molecular weight excluding hydrogens is 264 g/mol. The highest BCUT2D eigenvalue weighted by atomic mass is 32.2. The van der Waals surface area contributed by atoms with Crippen LogP contribution in [0.2, 0.25) is 0 Å². The molecule has 1 rings (SSSR count). The maximum atomic E-state index is 11.7. The maximum Gasteiger partial charge on any atom is 0.239 e. The van der Waals surface area contributed by atoms with Gasteiger partial charge in [0.25, 0.3) is 0 Å². The second-order valence-electron chi connectivity index (χ2n) is 4.16. The van der Waals surface area contributed by atoms with Crippen molar-refractivity contribution in [3.05, 3.63) is 29.8 Å². The van der Waals surface area contributed by atoms with Crippen molar-refractivity contribution in [2.45, 2.75) is 20.4 Å². The van der Waals surface area contributed by atoms with Crippen LogP contribution in [0.5, 0.6) is 0 Å². The molecule has 19 heavy (non-hydrogen) atoms. The fourth-order valence-corrected chi connectivity index (χ4v) is 2.22. The fraction of sp³-hybridized carbons (Fsp3) is 0.462. The first-order chi connectivity index (χ1) is 8.98. The van der Waals surface area contributed by atoms with Crippen LogP contribution < -0.4 is 10.6 Å². The SMILES string of the molecule is CCNCc1ccccc1NC(=O)CS(=O)(=O)CC. The third-order valence-electron chi connectivity index (χ3n) is 2.65. The predicted octanol–water partition coefficient (Wildman–Crippen LogP) is 1.17. The Morgan fingerprint density at radius 3 is 2.53 bits per heavy atom. The van der Waals surface area contributed by atoms with Gasteiger partial charge in [0.05, 0.1) is 0 Å². The zero-order valence-corrected chi connectivity index (χ0v) is 12.1. The van der Waals surface area contributed by atoms with E-state index in [4.69, 9.17) is 0 Å². The van der Waals surface area contributed by atoms with Crippen LogP contribution in [-0.2, 0) is 21.2 Å². The molecule has 0 unspecified atom stereocenters. The summed E-state index contributed by atoms with van der Waals surface area (Å²) < 4.78 is 22.8. The van der Waals surface area contributed by atoms with Gasteiger partial charge < -0.3 is 10.6 Å². The van der Waals surface area contributed by atoms with Crippen LogP contribution >= 0.6 is 0 Å². The summed E-state index contributed by atoms with van der Waals surface area (Å²) in [4.78, 5) is 11.7. The van der Waals surface area contributed by atoms with Crippen molar-refractivity contribution in [1.29, 1.82) is 0 Å². The molecule has 106 valence electrons. The predicted molar refractivity (Wildman–Crippen MR) is 76.8 cm³/mol. The van der Waals surface area contributed by atoms with Crippen molar-refractivity contribution in [3.63, 3.8) is 0 Å². The lowest BCUT2D eigenvalue weighted by atomic mass is 10.1. The average molecular weight is 284 g/mol. The number of sulfone groups is 1. The van der Waals surface area contributed by atoms with Crippen LogP contribution in [0.3, 0.4) is 0 Å². The highest BCUT2D eigenvalue weighted by Gasteiger charge is 2.15. The first-order valence-electron chi connectivity index (χ1n) is 6.27. The van der Waals surface area contributed by atoms with Gasteiger partial charge >= 0.3 is 0 Å². The molecule has 1 amide bonds. The summed E-state index contributed by atoms with van der Waals surface area (Å²) in [7, 11) is -3.30. The van der Waals surface area contributed by atoms with Gasteiger partial charge in [-0.15, -0.1) is 0 Å². The second-order valence-corrected chi connectivity index (χ2v) is 6.52. The molecule has 0 spiro atoms. The summed E-state index contributed by atoms with van der Waals surface area (Å²) >= 11 is 0. The van der Waals surface area contributed by atoms with Gasteiger partial charge in [-0.1, -0.05) is 32.0 Å². The third-order valence-corrected chi connectivity index (χ3v) is 4.23. The lowest BCUT2D eigenvalue weighted by Crippen LogP contribution is -2.25. The van der Waals surface area contributed by atoms with Gasteiger partial charge in [0.2, 0.25) is 5.91 Å². The largest absolute Gasteiger partial charge is 0.325 e. The van der Waals surface area contributed by atoms with E-state index in [1.165, 1.54) is 6.92 Å². The quantitative estimate of drug-likeness (QED) is 0.788. The molecule has 0 bridgehead atoms. The number of anilines is 1. The molecule has 0 heterocycles. The molecule has 0 aliphatic heterocycles. The fourth-order valence-electron chi connectivity index (χ4n) is 1.54. The molecule has 0 atom stereocenters. The molecule has 2 N–H and O–H groups in total. The monoisotopic (exact) mass is 284 g/mol. The van der Waals surface area contributed by atoms with Crippen LogP contribution in [0.4, 0.5) is 5.69 Å². The Kier molecular flexibility index (Phi) is 5.98. The molecule has 0 saturated heterocycles. The highest BCUT2D eigenvalue weighted by Crippen LogP contribution is 2.14. The molecular formula is C13H20N2O3S. The molecule has 1 aromatic carbocycles. The Balaban J connectivity index is 2.73. The number of carbonyl (C=O) groups is 1. The van der Waals surface area contributed by atoms with Crippen molar-refractivity contribution in [1.82, 2.24) is 5.32 Å². The van der Waals surface area contributed by atoms with Crippen molar-refractivity contribution >= 4 is 21.4 Å². The van der Waals surface area contributed by atoms with E-state index in [0.29, 0.717) is 12.2 Å². The third kappa shape index (κ3) is 5.40. The summed E-state index contributed by atoms with van der Waals surface area (Å²) in [5, 5.41) is 5.82. The Morgan fingerprint density at radius 1 is 1.21 bits per heavy atom. The summed E-state index contributed by atoms with van der Waals surface area (Å²) in [6, 6.07) is 7.35. The van der Waals surface area contributed by atoms with E-state index >= 15 is 0 Å². The molecule has 5 nitrogen and oxygen atoms in total. The van der Waals surface area contributed by atoms with E-state index in [1.807, 2.05) is 19.1 Å². The lowest BCUT2D eigenvalue weighted by Gasteiger charge is -2.11. The van der Waals surface area contributed by atoms with Crippen molar-refractivity contribution in [3.8, 4) is 0 Å². The van der Waals surface area contributed by atoms with E-state index < -0.39 is 21.5 Å². The summed E-state index contributed by atoms with van der Waals surface area (Å²) in [5.74, 6) is -0.996. The summed E-state index contributed by atoms with van der Waals surface area (Å²) in [6.45, 7) is 4.98. The number of benzene rings is 1. The van der Waals surface area contributed by atoms with E-state index in [1.54, 1.807) is 12.1 Å². The Labute approximate surface area is 114 Å². The van der Waals surface area contributed by atoms with Gasteiger partial charge in [0.1, 0.15) is 5.75 Å². The van der Waals surface area contributed by atoms with Crippen molar-refractivity contribution in [2.24, 2.45) is 0 Å². The van der Waals surface area contributed by atoms with Gasteiger partial charge in [-0.05, 0) is 18.2 Å². The maximum absolute atomic E-state index is 11.7. The van der Waals surface area contributed by atoms with E-state index in [9.17, 15) is 13.2 Å². The number of para-hydroxylation sites is 1. The van der Waals surface area contributed by atoms with Gasteiger partial charge in [-0.2, -0.15) is 0 Å². The van der Waals surface area contributed by atoms with Gasteiger partial charge in [-0.25, -0.2) is 8.42 Å². The number of nitrogens with one attached hydrogen (secondary N) is 2. The first kappa shape index (κ1) is 15.7. The van der Waals surface area contributed by atoms with Crippen molar-refractivity contribution < 1.29 is 13.2 Å². The molecule has 0 aliphatic carbocycles. The van der Waals surface area contributed by atoms with Crippen LogP contribution in [0.15, 0.2) is 24.3 Å². The first-order valence-corrected chi connectivity index (χ1v) is 8.09. The van der Waals surface area contributed by atoms with E-state index in [2.05, 4.69) is 10.6 Å². The van der Waals surface area contributed by atoms with Crippen LogP contribution in [-0.4, -0.2) is 32.4 Å². The normalized spacial score (nSPS) is 11.3. The van der Waals surface area contributed by atoms with Crippen LogP contribution in [0.25, 0.3) is 0 Å². The average Bonchev–Trinajstić information content (AvgIpc) is 2.37. The molecule has 0 radical (unpaired) electrons. The smallest absolute Gasteiger partial charge is 0.239 e. The molecule has 0 fully saturated rings. The topological polar surface area (TPSA) is 75.3 Å². The summed E-state index contributed by atoms with van der Waals surface area (Å²) in [6.07, 6.45) is 0. The Morgan fingerprint density at radius 2 is 1.89 bits per heavy atom. The van der Waals surface area contributed by atoms with Crippen LogP contribution in [0.1, 0.15) is 19.4 Å². The van der Waals surface area contributed by atoms with Crippen LogP contribution in [0, 0.1) is 0 Å². The van der Waals surface area contributed by atoms with Gasteiger partial charge in [0, 0.05) is 18.0 Å². The standard InChI is InChI=1S/C13H20N2O3S/c1-3-14-9-11-7-5-6-8-12(11)15-13(16)10-19(17,18)4-2/h5-8,14H,3-4,9-10H2,1-2H3,(H,15,16). The van der Waals surface area contributed by atoms with Crippen molar-refractivity contribution in [2.75, 3.05) is 23.4 Å². The second kappa shape index (κ2) is 7.25. The molecule has 0 aromatic heterocycles. The molecule has 6 heteroatoms. The number of hydrogen-bond acceptors (Lipinski definition) is 4. The molecule has 0 aliphatic rings. The lowest BCUT2D eigenvalue weighted by molar-refractivity contribution is -0.113. The Bertz CT molecular complexity index is 526. The van der Waals surface area contributed by atoms with E-state index in [0.717, 1.165) is 12.1 Å². The number of hydrogen-bond donors (Lipinski definition) is 2. The minimum atomic E-state index is -3.30. The number of amides is 1. The summed E-state index contributed by atoms with van der Waals surface area (Å²) in [5.41, 5.74) is 1.59. The van der Waals surface area contributed by atoms with Gasteiger partial charge in [-0.3, -0.25) is 4.79 Å². The Hall–Kier alpha value is -1.40. The zero-order valence-electron chi connectivity index (χ0n) is 11.3.